The highest BCUT2D eigenvalue weighted by atomic mass is 35.5. The molecule has 0 saturated carbocycles. The first-order chi connectivity index (χ1) is 7.26. The van der Waals surface area contributed by atoms with Crippen molar-refractivity contribution in [3.63, 3.8) is 0 Å². The Morgan fingerprint density at radius 1 is 1.47 bits per heavy atom. The van der Waals surface area contributed by atoms with E-state index in [0.717, 1.165) is 23.6 Å². The van der Waals surface area contributed by atoms with Crippen LogP contribution < -0.4 is 10.1 Å². The molecular formula is C12H16ClNO. The molecule has 1 aliphatic heterocycles. The Morgan fingerprint density at radius 2 is 2.27 bits per heavy atom. The zero-order chi connectivity index (χ0) is 10.8. The molecule has 3 heteroatoms. The van der Waals surface area contributed by atoms with Crippen molar-refractivity contribution in [1.29, 1.82) is 0 Å². The van der Waals surface area contributed by atoms with Crippen molar-refractivity contribution < 1.29 is 4.74 Å². The topological polar surface area (TPSA) is 21.3 Å². The van der Waals surface area contributed by atoms with Crippen LogP contribution in [0.5, 0.6) is 5.75 Å². The quantitative estimate of drug-likeness (QED) is 0.853. The van der Waals surface area contributed by atoms with Crippen LogP contribution in [0.4, 0.5) is 0 Å². The van der Waals surface area contributed by atoms with Crippen LogP contribution in [0, 0.1) is 0 Å². The number of hydrogen-bond acceptors (Lipinski definition) is 2. The van der Waals surface area contributed by atoms with E-state index >= 15 is 0 Å². The summed E-state index contributed by atoms with van der Waals surface area (Å²) in [5, 5.41) is 4.04. The van der Waals surface area contributed by atoms with Gasteiger partial charge in [0.05, 0.1) is 6.04 Å². The molecule has 1 N–H and O–H groups in total. The second-order valence-corrected chi connectivity index (χ2v) is 4.33. The minimum absolute atomic E-state index is 0.244. The lowest BCUT2D eigenvalue weighted by molar-refractivity contribution is 0.182. The summed E-state index contributed by atoms with van der Waals surface area (Å²) in [7, 11) is 1.97. The van der Waals surface area contributed by atoms with E-state index in [0.29, 0.717) is 6.04 Å². The molecule has 15 heavy (non-hydrogen) atoms. The SMILES string of the molecule is CCCC1Oc2cc(Cl)ccc2C1NC. The monoisotopic (exact) mass is 225 g/mol. The summed E-state index contributed by atoms with van der Waals surface area (Å²) in [6.07, 6.45) is 2.44. The Bertz CT molecular complexity index is 353. The van der Waals surface area contributed by atoms with Gasteiger partial charge in [0.2, 0.25) is 0 Å². The first kappa shape index (κ1) is 10.8. The number of hydrogen-bond donors (Lipinski definition) is 1. The highest BCUT2D eigenvalue weighted by Crippen LogP contribution is 2.39. The maximum Gasteiger partial charge on any atom is 0.126 e. The third kappa shape index (κ3) is 1.97. The van der Waals surface area contributed by atoms with Crippen molar-refractivity contribution in [1.82, 2.24) is 5.32 Å². The van der Waals surface area contributed by atoms with Crippen LogP contribution >= 0.6 is 11.6 Å². The summed E-state index contributed by atoms with van der Waals surface area (Å²) >= 11 is 5.94. The number of nitrogens with one attached hydrogen (secondary N) is 1. The predicted octanol–water partition coefficient (Wildman–Crippen LogP) is 3.16. The van der Waals surface area contributed by atoms with Crippen LogP contribution in [0.1, 0.15) is 31.4 Å². The minimum atomic E-state index is 0.244. The average Bonchev–Trinajstić information content (AvgIpc) is 2.54. The van der Waals surface area contributed by atoms with Crippen molar-refractivity contribution >= 4 is 11.6 Å². The Morgan fingerprint density at radius 3 is 2.93 bits per heavy atom. The highest BCUT2D eigenvalue weighted by molar-refractivity contribution is 6.30. The minimum Gasteiger partial charge on any atom is -0.488 e. The van der Waals surface area contributed by atoms with Gasteiger partial charge in [-0.15, -0.1) is 0 Å². The average molecular weight is 226 g/mol. The standard InChI is InChI=1S/C12H16ClNO/c1-3-4-10-12(14-2)9-6-5-8(13)7-11(9)15-10/h5-7,10,12,14H,3-4H2,1-2H3. The number of benzene rings is 1. The van der Waals surface area contributed by atoms with E-state index in [-0.39, 0.29) is 6.10 Å². The highest BCUT2D eigenvalue weighted by Gasteiger charge is 2.32. The molecule has 0 fully saturated rings. The summed E-state index contributed by atoms with van der Waals surface area (Å²) in [6, 6.07) is 6.17. The molecule has 0 bridgehead atoms. The van der Waals surface area contributed by atoms with Crippen molar-refractivity contribution in [2.24, 2.45) is 0 Å². The maximum absolute atomic E-state index is 5.94. The second kappa shape index (κ2) is 4.42. The smallest absolute Gasteiger partial charge is 0.126 e. The Balaban J connectivity index is 2.28. The lowest BCUT2D eigenvalue weighted by atomic mass is 10.0. The number of likely N-dealkylation sites (N-methyl/N-ethyl adjacent to an activating group) is 1. The van der Waals surface area contributed by atoms with E-state index in [9.17, 15) is 0 Å². The van der Waals surface area contributed by atoms with Crippen LogP contribution in [0.15, 0.2) is 18.2 Å². The first-order valence-corrected chi connectivity index (χ1v) is 5.77. The fraction of sp³-hybridized carbons (Fsp3) is 0.500. The van der Waals surface area contributed by atoms with Crippen LogP contribution in [-0.2, 0) is 0 Å². The summed E-state index contributed by atoms with van der Waals surface area (Å²) in [4.78, 5) is 0. The summed E-state index contributed by atoms with van der Waals surface area (Å²) in [6.45, 7) is 2.17. The van der Waals surface area contributed by atoms with Gasteiger partial charge in [0.15, 0.2) is 0 Å². The fourth-order valence-electron chi connectivity index (χ4n) is 2.15. The van der Waals surface area contributed by atoms with Gasteiger partial charge in [0.25, 0.3) is 0 Å². The summed E-state index contributed by atoms with van der Waals surface area (Å²) in [5.74, 6) is 0.931. The molecule has 0 spiro atoms. The molecule has 0 radical (unpaired) electrons. The van der Waals surface area contributed by atoms with Gasteiger partial charge in [-0.05, 0) is 25.6 Å². The number of halogens is 1. The lowest BCUT2D eigenvalue weighted by Crippen LogP contribution is -2.28. The van der Waals surface area contributed by atoms with Crippen molar-refractivity contribution in [2.45, 2.75) is 31.9 Å². The summed E-state index contributed by atoms with van der Waals surface area (Å²) in [5.41, 5.74) is 1.22. The van der Waals surface area contributed by atoms with E-state index in [2.05, 4.69) is 18.3 Å². The largest absolute Gasteiger partial charge is 0.488 e. The van der Waals surface area contributed by atoms with E-state index in [4.69, 9.17) is 16.3 Å². The molecular weight excluding hydrogens is 210 g/mol. The molecule has 0 aliphatic carbocycles. The zero-order valence-electron chi connectivity index (χ0n) is 9.09. The van der Waals surface area contributed by atoms with Crippen LogP contribution in [0.3, 0.4) is 0 Å². The van der Waals surface area contributed by atoms with Crippen molar-refractivity contribution in [2.75, 3.05) is 7.05 Å². The van der Waals surface area contributed by atoms with Crippen molar-refractivity contribution in [3.05, 3.63) is 28.8 Å². The van der Waals surface area contributed by atoms with Gasteiger partial charge in [-0.2, -0.15) is 0 Å². The third-order valence-electron chi connectivity index (χ3n) is 2.84. The number of fused-ring (bicyclic) bond motifs is 1. The normalized spacial score (nSPS) is 23.7. The van der Waals surface area contributed by atoms with Crippen LogP contribution in [-0.4, -0.2) is 13.2 Å². The van der Waals surface area contributed by atoms with E-state index in [1.54, 1.807) is 0 Å². The molecule has 1 aliphatic rings. The molecule has 1 aromatic rings. The lowest BCUT2D eigenvalue weighted by Gasteiger charge is -2.17. The van der Waals surface area contributed by atoms with Gasteiger partial charge in [-0.25, -0.2) is 0 Å². The molecule has 0 saturated heterocycles. The van der Waals surface area contributed by atoms with Crippen LogP contribution in [0.2, 0.25) is 5.02 Å². The van der Waals surface area contributed by atoms with Crippen molar-refractivity contribution in [3.8, 4) is 5.75 Å². The van der Waals surface area contributed by atoms with E-state index in [1.807, 2.05) is 19.2 Å². The van der Waals surface area contributed by atoms with E-state index in [1.165, 1.54) is 5.56 Å². The number of rotatable bonds is 3. The predicted molar refractivity (Wildman–Crippen MR) is 62.6 cm³/mol. The summed E-state index contributed by atoms with van der Waals surface area (Å²) < 4.78 is 5.88. The van der Waals surface area contributed by atoms with Gasteiger partial charge in [0.1, 0.15) is 11.9 Å². The third-order valence-corrected chi connectivity index (χ3v) is 3.08. The van der Waals surface area contributed by atoms with Crippen LogP contribution in [0.25, 0.3) is 0 Å². The molecule has 2 rings (SSSR count). The zero-order valence-corrected chi connectivity index (χ0v) is 9.84. The maximum atomic E-state index is 5.94. The first-order valence-electron chi connectivity index (χ1n) is 5.39. The number of ether oxygens (including phenoxy) is 1. The van der Waals surface area contributed by atoms with Gasteiger partial charge in [-0.3, -0.25) is 0 Å². The van der Waals surface area contributed by atoms with Gasteiger partial charge >= 0.3 is 0 Å². The molecule has 0 amide bonds. The Hall–Kier alpha value is -0.730. The molecule has 1 heterocycles. The second-order valence-electron chi connectivity index (χ2n) is 3.89. The molecule has 2 nitrogen and oxygen atoms in total. The van der Waals surface area contributed by atoms with E-state index < -0.39 is 0 Å². The Kier molecular flexibility index (Phi) is 3.17. The molecule has 82 valence electrons. The van der Waals surface area contributed by atoms with Gasteiger partial charge < -0.3 is 10.1 Å². The van der Waals surface area contributed by atoms with Gasteiger partial charge in [0, 0.05) is 10.6 Å². The molecule has 2 atom stereocenters. The fourth-order valence-corrected chi connectivity index (χ4v) is 2.31. The van der Waals surface area contributed by atoms with Gasteiger partial charge in [-0.1, -0.05) is 31.0 Å². The molecule has 2 unspecified atom stereocenters. The molecule has 0 aromatic heterocycles. The molecule has 1 aromatic carbocycles. The Labute approximate surface area is 95.6 Å².